The fourth-order valence-corrected chi connectivity index (χ4v) is 4.00. The monoisotopic (exact) mass is 413 g/mol. The minimum Gasteiger partial charge on any atom is -0.350 e. The molecule has 2 aromatic carbocycles. The lowest BCUT2D eigenvalue weighted by Crippen LogP contribution is -2.46. The maximum atomic E-state index is 13.2. The summed E-state index contributed by atoms with van der Waals surface area (Å²) in [4.78, 5) is 30.3. The Morgan fingerprint density at radius 2 is 1.71 bits per heavy atom. The summed E-state index contributed by atoms with van der Waals surface area (Å²) >= 11 is 0. The van der Waals surface area contributed by atoms with Crippen molar-refractivity contribution in [3.05, 3.63) is 77.0 Å². The van der Waals surface area contributed by atoms with Crippen LogP contribution in [0.1, 0.15) is 54.4 Å². The predicted molar refractivity (Wildman–Crippen MR) is 125 cm³/mol. The first-order valence-electron chi connectivity index (χ1n) is 10.6. The Morgan fingerprint density at radius 1 is 1.00 bits per heavy atom. The number of carbonyl (C=O) groups is 2. The van der Waals surface area contributed by atoms with Crippen molar-refractivity contribution in [3.63, 3.8) is 0 Å². The van der Waals surface area contributed by atoms with Gasteiger partial charge in [-0.1, -0.05) is 48.5 Å². The van der Waals surface area contributed by atoms with E-state index in [1.54, 1.807) is 0 Å². The SMILES string of the molecule is CC(C)(C)NC(=O)CNC(=O)c1c2c(nc3ccccc13)/C(=C/c1ccccc1)CC2. The highest BCUT2D eigenvalue weighted by molar-refractivity contribution is 6.10. The van der Waals surface area contributed by atoms with E-state index in [0.717, 1.165) is 46.1 Å². The minimum atomic E-state index is -0.344. The topological polar surface area (TPSA) is 71.1 Å². The molecule has 1 aromatic heterocycles. The molecule has 5 heteroatoms. The summed E-state index contributed by atoms with van der Waals surface area (Å²) in [5.74, 6) is -0.444. The summed E-state index contributed by atoms with van der Waals surface area (Å²) in [5, 5.41) is 6.50. The van der Waals surface area contributed by atoms with E-state index in [-0.39, 0.29) is 23.9 Å². The zero-order valence-electron chi connectivity index (χ0n) is 18.2. The lowest BCUT2D eigenvalue weighted by atomic mass is 10.00. The van der Waals surface area contributed by atoms with Gasteiger partial charge in [0.2, 0.25) is 5.91 Å². The largest absolute Gasteiger partial charge is 0.350 e. The molecule has 0 saturated heterocycles. The van der Waals surface area contributed by atoms with Crippen LogP contribution in [0.3, 0.4) is 0 Å². The third-order valence-electron chi connectivity index (χ3n) is 5.23. The van der Waals surface area contributed by atoms with E-state index in [9.17, 15) is 9.59 Å². The van der Waals surface area contributed by atoms with Crippen molar-refractivity contribution in [2.45, 2.75) is 39.2 Å². The van der Waals surface area contributed by atoms with Gasteiger partial charge in [-0.3, -0.25) is 9.59 Å². The highest BCUT2D eigenvalue weighted by atomic mass is 16.2. The Balaban J connectivity index is 1.70. The molecule has 4 rings (SSSR count). The van der Waals surface area contributed by atoms with Crippen molar-refractivity contribution in [2.24, 2.45) is 0 Å². The molecule has 158 valence electrons. The number of rotatable bonds is 4. The highest BCUT2D eigenvalue weighted by Crippen LogP contribution is 2.37. The van der Waals surface area contributed by atoms with Crippen LogP contribution in [0.4, 0.5) is 0 Å². The molecular formula is C26H27N3O2. The van der Waals surface area contributed by atoms with Gasteiger partial charge in [0.1, 0.15) is 0 Å². The molecule has 0 aliphatic heterocycles. The molecule has 0 atom stereocenters. The third-order valence-corrected chi connectivity index (χ3v) is 5.23. The van der Waals surface area contributed by atoms with E-state index in [0.29, 0.717) is 5.56 Å². The molecule has 0 fully saturated rings. The van der Waals surface area contributed by atoms with Gasteiger partial charge in [0.05, 0.1) is 23.3 Å². The number of amides is 2. The zero-order chi connectivity index (χ0) is 22.0. The number of nitrogens with zero attached hydrogens (tertiary/aromatic N) is 1. The Bertz CT molecular complexity index is 1170. The van der Waals surface area contributed by atoms with Gasteiger partial charge in [-0.25, -0.2) is 4.98 Å². The summed E-state index contributed by atoms with van der Waals surface area (Å²) in [6.45, 7) is 5.68. The molecule has 31 heavy (non-hydrogen) atoms. The molecule has 0 unspecified atom stereocenters. The van der Waals surface area contributed by atoms with Crippen LogP contribution in [-0.4, -0.2) is 28.9 Å². The zero-order valence-corrected chi connectivity index (χ0v) is 18.2. The van der Waals surface area contributed by atoms with Crippen LogP contribution in [0.15, 0.2) is 54.6 Å². The maximum absolute atomic E-state index is 13.2. The minimum absolute atomic E-state index is 0.0613. The Hall–Kier alpha value is -3.47. The standard InChI is InChI=1S/C26H27N3O2/c1-26(2,3)29-22(30)16-27-25(31)23-19-11-7-8-12-21(19)28-24-18(13-14-20(23)24)15-17-9-5-4-6-10-17/h4-12,15H,13-14,16H2,1-3H3,(H,27,31)(H,29,30)/b18-15+. The van der Waals surface area contributed by atoms with Crippen LogP contribution in [0.5, 0.6) is 0 Å². The average molecular weight is 414 g/mol. The van der Waals surface area contributed by atoms with Crippen LogP contribution < -0.4 is 10.6 Å². The smallest absolute Gasteiger partial charge is 0.252 e. The quantitative estimate of drug-likeness (QED) is 0.667. The summed E-state index contributed by atoms with van der Waals surface area (Å²) in [6.07, 6.45) is 3.73. The summed E-state index contributed by atoms with van der Waals surface area (Å²) in [7, 11) is 0. The van der Waals surface area contributed by atoms with Gasteiger partial charge < -0.3 is 10.6 Å². The van der Waals surface area contributed by atoms with Crippen molar-refractivity contribution in [3.8, 4) is 0 Å². The first-order valence-corrected chi connectivity index (χ1v) is 10.6. The lowest BCUT2D eigenvalue weighted by molar-refractivity contribution is -0.121. The molecular weight excluding hydrogens is 386 g/mol. The average Bonchev–Trinajstić information content (AvgIpc) is 3.12. The summed E-state index contributed by atoms with van der Waals surface area (Å²) < 4.78 is 0. The van der Waals surface area contributed by atoms with E-state index in [4.69, 9.17) is 4.98 Å². The van der Waals surface area contributed by atoms with Crippen molar-refractivity contribution >= 4 is 34.4 Å². The van der Waals surface area contributed by atoms with E-state index < -0.39 is 0 Å². The van der Waals surface area contributed by atoms with Gasteiger partial charge in [-0.2, -0.15) is 0 Å². The molecule has 2 N–H and O–H groups in total. The van der Waals surface area contributed by atoms with Gasteiger partial charge in [0.15, 0.2) is 0 Å². The molecule has 1 heterocycles. The third kappa shape index (κ3) is 4.66. The first kappa shape index (κ1) is 20.8. The summed E-state index contributed by atoms with van der Waals surface area (Å²) in [6, 6.07) is 17.8. The number of hydrogen-bond donors (Lipinski definition) is 2. The molecule has 0 radical (unpaired) electrons. The molecule has 5 nitrogen and oxygen atoms in total. The van der Waals surface area contributed by atoms with Crippen molar-refractivity contribution in [1.82, 2.24) is 15.6 Å². The second kappa shape index (κ2) is 8.34. The number of aromatic nitrogens is 1. The molecule has 2 amide bonds. The molecule has 1 aliphatic carbocycles. The fourth-order valence-electron chi connectivity index (χ4n) is 4.00. The second-order valence-electron chi connectivity index (χ2n) is 8.89. The number of allylic oxidation sites excluding steroid dienone is 1. The number of hydrogen-bond acceptors (Lipinski definition) is 3. The van der Waals surface area contributed by atoms with Gasteiger partial charge >= 0.3 is 0 Å². The van der Waals surface area contributed by atoms with Crippen LogP contribution in [0, 0.1) is 0 Å². The molecule has 0 saturated carbocycles. The normalized spacial score (nSPS) is 14.5. The summed E-state index contributed by atoms with van der Waals surface area (Å²) in [5.41, 5.74) is 5.15. The van der Waals surface area contributed by atoms with Crippen LogP contribution in [-0.2, 0) is 11.2 Å². The van der Waals surface area contributed by atoms with Crippen LogP contribution in [0.2, 0.25) is 0 Å². The van der Waals surface area contributed by atoms with Gasteiger partial charge in [0, 0.05) is 10.9 Å². The Kier molecular flexibility index (Phi) is 5.59. The van der Waals surface area contributed by atoms with E-state index in [1.807, 2.05) is 63.2 Å². The lowest BCUT2D eigenvalue weighted by Gasteiger charge is -2.20. The highest BCUT2D eigenvalue weighted by Gasteiger charge is 2.27. The second-order valence-corrected chi connectivity index (χ2v) is 8.89. The van der Waals surface area contributed by atoms with Crippen LogP contribution in [0.25, 0.3) is 22.6 Å². The van der Waals surface area contributed by atoms with E-state index in [1.165, 1.54) is 0 Å². The van der Waals surface area contributed by atoms with Crippen molar-refractivity contribution < 1.29 is 9.59 Å². The maximum Gasteiger partial charge on any atom is 0.252 e. The number of benzene rings is 2. The van der Waals surface area contributed by atoms with E-state index in [2.05, 4.69) is 28.8 Å². The van der Waals surface area contributed by atoms with Crippen molar-refractivity contribution in [2.75, 3.05) is 6.54 Å². The Morgan fingerprint density at radius 3 is 2.45 bits per heavy atom. The van der Waals surface area contributed by atoms with Gasteiger partial charge in [-0.05, 0) is 62.5 Å². The van der Waals surface area contributed by atoms with Crippen molar-refractivity contribution in [1.29, 1.82) is 0 Å². The fraction of sp³-hybridized carbons (Fsp3) is 0.269. The molecule has 0 spiro atoms. The first-order chi connectivity index (χ1) is 14.8. The number of pyridine rings is 1. The number of fused-ring (bicyclic) bond motifs is 2. The van der Waals surface area contributed by atoms with Gasteiger partial charge in [0.25, 0.3) is 5.91 Å². The number of para-hydroxylation sites is 1. The molecule has 3 aromatic rings. The Labute approximate surface area is 182 Å². The number of nitrogens with one attached hydrogen (secondary N) is 2. The molecule has 1 aliphatic rings. The number of carbonyl (C=O) groups excluding carboxylic acids is 2. The van der Waals surface area contributed by atoms with Gasteiger partial charge in [-0.15, -0.1) is 0 Å². The molecule has 0 bridgehead atoms. The van der Waals surface area contributed by atoms with E-state index >= 15 is 0 Å². The predicted octanol–water partition coefficient (Wildman–Crippen LogP) is 4.37. The van der Waals surface area contributed by atoms with Crippen LogP contribution >= 0.6 is 0 Å².